The molecule has 0 saturated heterocycles. The highest BCUT2D eigenvalue weighted by molar-refractivity contribution is 4.65. The van der Waals surface area contributed by atoms with Gasteiger partial charge in [0.2, 0.25) is 0 Å². The molecular weight excluding hydrogens is 197 g/mol. The molecule has 85 valence electrons. The highest BCUT2D eigenvalue weighted by Gasteiger charge is 2.41. The van der Waals surface area contributed by atoms with E-state index in [1.165, 1.54) is 0 Å². The maximum absolute atomic E-state index is 12.0. The molecule has 0 aliphatic heterocycles. The number of rotatable bonds is 7. The molecule has 0 rings (SSSR count). The van der Waals surface area contributed by atoms with E-state index in [1.54, 1.807) is 0 Å². The Bertz CT molecular complexity index is 137. The van der Waals surface area contributed by atoms with Gasteiger partial charge in [0, 0.05) is 0 Å². The number of alkyl halides is 3. The molecule has 0 aliphatic carbocycles. The van der Waals surface area contributed by atoms with E-state index >= 15 is 0 Å². The second-order valence-corrected chi connectivity index (χ2v) is 3.33. The molecule has 2 nitrogen and oxygen atoms in total. The van der Waals surface area contributed by atoms with Crippen LogP contribution in [0.4, 0.5) is 13.2 Å². The summed E-state index contributed by atoms with van der Waals surface area (Å²) >= 11 is 0. The molecule has 14 heavy (non-hydrogen) atoms. The second-order valence-electron chi connectivity index (χ2n) is 3.33. The standard InChI is InChI=1S/C9H16F3O2/c1-2-3-4-5-6-7-8(14-13)9(10,11)12/h8H,2-7H2,1H3. The highest BCUT2D eigenvalue weighted by Crippen LogP contribution is 2.26. The fourth-order valence-electron chi connectivity index (χ4n) is 1.20. The van der Waals surface area contributed by atoms with Gasteiger partial charge >= 0.3 is 6.18 Å². The van der Waals surface area contributed by atoms with E-state index < -0.39 is 12.3 Å². The smallest absolute Gasteiger partial charge is 0.191 e. The van der Waals surface area contributed by atoms with Gasteiger partial charge in [-0.25, -0.2) is 0 Å². The van der Waals surface area contributed by atoms with Gasteiger partial charge in [0.1, 0.15) is 0 Å². The van der Waals surface area contributed by atoms with Gasteiger partial charge < -0.3 is 0 Å². The Hall–Kier alpha value is -0.290. The fourth-order valence-corrected chi connectivity index (χ4v) is 1.20. The van der Waals surface area contributed by atoms with Crippen molar-refractivity contribution >= 4 is 0 Å². The van der Waals surface area contributed by atoms with Gasteiger partial charge in [0.15, 0.2) is 6.10 Å². The van der Waals surface area contributed by atoms with Crippen molar-refractivity contribution in [3.63, 3.8) is 0 Å². The van der Waals surface area contributed by atoms with Crippen LogP contribution in [-0.4, -0.2) is 12.3 Å². The van der Waals surface area contributed by atoms with Crippen molar-refractivity contribution in [2.75, 3.05) is 0 Å². The maximum atomic E-state index is 12.0. The van der Waals surface area contributed by atoms with E-state index in [9.17, 15) is 18.4 Å². The van der Waals surface area contributed by atoms with Gasteiger partial charge in [-0.2, -0.15) is 18.1 Å². The minimum absolute atomic E-state index is 0.225. The third-order valence-electron chi connectivity index (χ3n) is 2.05. The van der Waals surface area contributed by atoms with Crippen molar-refractivity contribution in [1.29, 1.82) is 0 Å². The molecule has 1 radical (unpaired) electrons. The topological polar surface area (TPSA) is 29.1 Å². The van der Waals surface area contributed by atoms with Crippen molar-refractivity contribution in [2.45, 2.75) is 57.7 Å². The number of hydrogen-bond donors (Lipinski definition) is 0. The fraction of sp³-hybridized carbons (Fsp3) is 1.00. The van der Waals surface area contributed by atoms with Crippen LogP contribution in [0.2, 0.25) is 0 Å². The molecule has 1 atom stereocenters. The van der Waals surface area contributed by atoms with Crippen LogP contribution < -0.4 is 0 Å². The number of hydrogen-bond acceptors (Lipinski definition) is 1. The van der Waals surface area contributed by atoms with Crippen LogP contribution in [0.3, 0.4) is 0 Å². The van der Waals surface area contributed by atoms with Crippen molar-refractivity contribution in [3.05, 3.63) is 0 Å². The molecule has 1 unspecified atom stereocenters. The lowest BCUT2D eigenvalue weighted by Gasteiger charge is -2.15. The molecule has 0 aromatic heterocycles. The van der Waals surface area contributed by atoms with Crippen molar-refractivity contribution < 1.29 is 23.3 Å². The lowest BCUT2D eigenvalue weighted by Crippen LogP contribution is -2.30. The third-order valence-corrected chi connectivity index (χ3v) is 2.05. The highest BCUT2D eigenvalue weighted by atomic mass is 19.4. The molecule has 0 N–H and O–H groups in total. The van der Waals surface area contributed by atoms with Crippen molar-refractivity contribution in [1.82, 2.24) is 0 Å². The van der Waals surface area contributed by atoms with Crippen LogP contribution in [0.25, 0.3) is 0 Å². The summed E-state index contributed by atoms with van der Waals surface area (Å²) in [7, 11) is 0. The molecular formula is C9H16F3O2. The predicted molar refractivity (Wildman–Crippen MR) is 45.0 cm³/mol. The van der Waals surface area contributed by atoms with E-state index in [0.29, 0.717) is 6.42 Å². The summed E-state index contributed by atoms with van der Waals surface area (Å²) in [5.41, 5.74) is 0. The zero-order valence-electron chi connectivity index (χ0n) is 8.27. The molecule has 0 bridgehead atoms. The first-order chi connectivity index (χ1) is 6.52. The summed E-state index contributed by atoms with van der Waals surface area (Å²) in [5.74, 6) is 0. The Morgan fingerprint density at radius 2 is 1.71 bits per heavy atom. The first kappa shape index (κ1) is 13.7. The molecule has 0 saturated carbocycles. The largest absolute Gasteiger partial charge is 0.417 e. The minimum atomic E-state index is -4.52. The van der Waals surface area contributed by atoms with Crippen molar-refractivity contribution in [3.8, 4) is 0 Å². The molecule has 5 heteroatoms. The average Bonchev–Trinajstić information content (AvgIpc) is 2.09. The van der Waals surface area contributed by atoms with E-state index in [2.05, 4.69) is 4.89 Å². The van der Waals surface area contributed by atoms with Gasteiger partial charge in [-0.15, -0.1) is 0 Å². The predicted octanol–water partition coefficient (Wildman–Crippen LogP) is 3.64. The quantitative estimate of drug-likeness (QED) is 0.360. The monoisotopic (exact) mass is 213 g/mol. The van der Waals surface area contributed by atoms with Crippen LogP contribution >= 0.6 is 0 Å². The lowest BCUT2D eigenvalue weighted by molar-refractivity contribution is -0.390. The first-order valence-electron chi connectivity index (χ1n) is 4.87. The normalized spacial score (nSPS) is 14.4. The lowest BCUT2D eigenvalue weighted by atomic mass is 10.1. The molecule has 0 heterocycles. The average molecular weight is 213 g/mol. The van der Waals surface area contributed by atoms with E-state index in [0.717, 1.165) is 25.7 Å². The zero-order chi connectivity index (χ0) is 11.0. The van der Waals surface area contributed by atoms with Gasteiger partial charge in [-0.1, -0.05) is 39.0 Å². The second kappa shape index (κ2) is 7.06. The summed E-state index contributed by atoms with van der Waals surface area (Å²) in [5, 5.41) is 9.78. The Morgan fingerprint density at radius 3 is 2.14 bits per heavy atom. The first-order valence-corrected chi connectivity index (χ1v) is 4.87. The molecule has 0 fully saturated rings. The van der Waals surface area contributed by atoms with E-state index in [1.807, 2.05) is 6.92 Å². The van der Waals surface area contributed by atoms with Crippen LogP contribution in [0.15, 0.2) is 0 Å². The third kappa shape index (κ3) is 6.21. The summed E-state index contributed by atoms with van der Waals surface area (Å²) in [4.78, 5) is 3.15. The van der Waals surface area contributed by atoms with E-state index in [4.69, 9.17) is 0 Å². The number of unbranched alkanes of at least 4 members (excludes halogenated alkanes) is 4. The van der Waals surface area contributed by atoms with E-state index in [-0.39, 0.29) is 6.42 Å². The van der Waals surface area contributed by atoms with Gasteiger partial charge in [-0.05, 0) is 11.7 Å². The minimum Gasteiger partial charge on any atom is -0.191 e. The van der Waals surface area contributed by atoms with Crippen LogP contribution in [0, 0.1) is 0 Å². The van der Waals surface area contributed by atoms with Crippen LogP contribution in [0.5, 0.6) is 0 Å². The molecule has 0 amide bonds. The maximum Gasteiger partial charge on any atom is 0.417 e. The Kier molecular flexibility index (Phi) is 6.92. The van der Waals surface area contributed by atoms with Crippen LogP contribution in [0.1, 0.15) is 45.4 Å². The molecule has 0 aromatic carbocycles. The molecule has 0 aliphatic rings. The molecule has 0 aromatic rings. The zero-order valence-corrected chi connectivity index (χ0v) is 8.27. The number of halogens is 3. The Morgan fingerprint density at radius 1 is 1.14 bits per heavy atom. The SMILES string of the molecule is CCCCCCCC(O[O])C(F)(F)F. The summed E-state index contributed by atoms with van der Waals surface area (Å²) in [6, 6.07) is 0. The summed E-state index contributed by atoms with van der Waals surface area (Å²) in [6.45, 7) is 2.03. The molecule has 0 spiro atoms. The van der Waals surface area contributed by atoms with Crippen LogP contribution in [-0.2, 0) is 10.1 Å². The summed E-state index contributed by atoms with van der Waals surface area (Å²) in [6.07, 6.45) is -2.78. The van der Waals surface area contributed by atoms with Gasteiger partial charge in [0.25, 0.3) is 0 Å². The van der Waals surface area contributed by atoms with Gasteiger partial charge in [-0.3, -0.25) is 0 Å². The Labute approximate surface area is 82.0 Å². The van der Waals surface area contributed by atoms with Gasteiger partial charge in [0.05, 0.1) is 0 Å². The summed E-state index contributed by atoms with van der Waals surface area (Å²) < 4.78 is 35.9. The van der Waals surface area contributed by atoms with Crippen molar-refractivity contribution in [2.24, 2.45) is 0 Å². The Balaban J connectivity index is 3.54.